The second-order valence-corrected chi connectivity index (χ2v) is 10.1. The Kier molecular flexibility index (Phi) is 8.41. The third-order valence-corrected chi connectivity index (χ3v) is 7.44. The highest BCUT2D eigenvalue weighted by Crippen LogP contribution is 2.34. The number of H-pyrrole nitrogens is 1. The third-order valence-electron chi connectivity index (χ3n) is 7.22. The number of pyridine rings is 1. The molecule has 180 valence electrons. The van der Waals surface area contributed by atoms with Crippen molar-refractivity contribution in [3.63, 3.8) is 0 Å². The fraction of sp³-hybridized carbons (Fsp3) is 0.556. The van der Waals surface area contributed by atoms with E-state index in [1.165, 1.54) is 12.8 Å². The summed E-state index contributed by atoms with van der Waals surface area (Å²) < 4.78 is 0. The highest BCUT2D eigenvalue weighted by molar-refractivity contribution is 6.31. The summed E-state index contributed by atoms with van der Waals surface area (Å²) in [4.78, 5) is 33.6. The fourth-order valence-corrected chi connectivity index (χ4v) is 5.54. The highest BCUT2D eigenvalue weighted by atomic mass is 35.5. The molecular formula is C27H38ClN3O2. The van der Waals surface area contributed by atoms with E-state index < -0.39 is 0 Å². The molecule has 0 atom stereocenters. The maximum Gasteiger partial charge on any atom is 0.185 e. The predicted octanol–water partition coefficient (Wildman–Crippen LogP) is 5.47. The molecule has 0 unspecified atom stereocenters. The minimum absolute atomic E-state index is 0.00876. The van der Waals surface area contributed by atoms with Gasteiger partial charge in [0, 0.05) is 64.3 Å². The van der Waals surface area contributed by atoms with Crippen molar-refractivity contribution >= 4 is 23.1 Å². The molecule has 0 bridgehead atoms. The molecule has 1 N–H and O–H groups in total. The van der Waals surface area contributed by atoms with E-state index in [1.807, 2.05) is 26.8 Å². The van der Waals surface area contributed by atoms with Crippen molar-refractivity contribution in [3.8, 4) is 0 Å². The molecule has 1 aliphatic rings. The number of aromatic nitrogens is 1. The van der Waals surface area contributed by atoms with Gasteiger partial charge in [-0.2, -0.15) is 0 Å². The van der Waals surface area contributed by atoms with Crippen LogP contribution in [0.5, 0.6) is 0 Å². The topological polar surface area (TPSA) is 56.4 Å². The fourth-order valence-electron chi connectivity index (χ4n) is 5.32. The Balaban J connectivity index is 1.81. The first-order valence-corrected chi connectivity index (χ1v) is 12.5. The third kappa shape index (κ3) is 5.88. The number of nitrogens with zero attached hydrogens (tertiary/aromatic N) is 2. The first-order chi connectivity index (χ1) is 15.6. The summed E-state index contributed by atoms with van der Waals surface area (Å²) in [5, 5.41) is 0.587. The molecule has 2 aromatic rings. The van der Waals surface area contributed by atoms with Gasteiger partial charge < -0.3 is 14.8 Å². The lowest BCUT2D eigenvalue weighted by Crippen LogP contribution is -2.42. The standard InChI is InChI=1S/C27H38ClN3O2/c1-7-31(22-10-8-21(9-11-22)30(5)6)25-16-20(28)15-24(18(25)3)26(32)13-12-23-19(4)29-17(2)14-27(23)33/h14-16,21-22H,7-13H2,1-6H3,(H,29,33). The van der Waals surface area contributed by atoms with Crippen LogP contribution in [0.1, 0.15) is 71.9 Å². The molecule has 6 heteroatoms. The zero-order valence-corrected chi connectivity index (χ0v) is 21.7. The summed E-state index contributed by atoms with van der Waals surface area (Å²) in [7, 11) is 4.32. The lowest BCUT2D eigenvalue weighted by atomic mass is 9.88. The Hall–Kier alpha value is -2.11. The van der Waals surface area contributed by atoms with Crippen LogP contribution in [0.4, 0.5) is 5.69 Å². The molecule has 0 saturated heterocycles. The van der Waals surface area contributed by atoms with Crippen molar-refractivity contribution < 1.29 is 4.79 Å². The van der Waals surface area contributed by atoms with Gasteiger partial charge in [0.25, 0.3) is 0 Å². The number of anilines is 1. The number of carbonyl (C=O) groups excluding carboxylic acids is 1. The molecule has 0 aliphatic heterocycles. The van der Waals surface area contributed by atoms with Crippen LogP contribution in [0, 0.1) is 20.8 Å². The summed E-state index contributed by atoms with van der Waals surface area (Å²) in [5.41, 5.74) is 5.05. The molecule has 1 aromatic heterocycles. The molecule has 1 fully saturated rings. The van der Waals surface area contributed by atoms with Gasteiger partial charge in [-0.1, -0.05) is 11.6 Å². The summed E-state index contributed by atoms with van der Waals surface area (Å²) in [6.07, 6.45) is 5.36. The maximum absolute atomic E-state index is 13.2. The second-order valence-electron chi connectivity index (χ2n) is 9.65. The van der Waals surface area contributed by atoms with Crippen LogP contribution in [-0.2, 0) is 6.42 Å². The molecule has 1 aliphatic carbocycles. The van der Waals surface area contributed by atoms with Crippen LogP contribution in [0.2, 0.25) is 5.02 Å². The van der Waals surface area contributed by atoms with Gasteiger partial charge in [0.05, 0.1) is 0 Å². The molecule has 5 nitrogen and oxygen atoms in total. The van der Waals surface area contributed by atoms with Gasteiger partial charge in [0.1, 0.15) is 0 Å². The van der Waals surface area contributed by atoms with Crippen molar-refractivity contribution in [1.82, 2.24) is 9.88 Å². The van der Waals surface area contributed by atoms with Crippen molar-refractivity contribution in [2.75, 3.05) is 25.5 Å². The van der Waals surface area contributed by atoms with E-state index in [0.717, 1.165) is 42.0 Å². The van der Waals surface area contributed by atoms with Crippen molar-refractivity contribution in [1.29, 1.82) is 0 Å². The van der Waals surface area contributed by atoms with Crippen LogP contribution in [0.25, 0.3) is 0 Å². The number of Topliss-reactive ketones (excluding diaryl/α,β-unsaturated/α-hetero) is 1. The van der Waals surface area contributed by atoms with E-state index in [9.17, 15) is 9.59 Å². The van der Waals surface area contributed by atoms with Gasteiger partial charge in [-0.3, -0.25) is 9.59 Å². The number of ketones is 1. The number of aromatic amines is 1. The normalized spacial score (nSPS) is 18.5. The Morgan fingerprint density at radius 1 is 1.06 bits per heavy atom. The Morgan fingerprint density at radius 3 is 2.27 bits per heavy atom. The van der Waals surface area contributed by atoms with Gasteiger partial charge in [0.2, 0.25) is 0 Å². The average molecular weight is 472 g/mol. The molecule has 0 radical (unpaired) electrons. The van der Waals surface area contributed by atoms with E-state index in [1.54, 1.807) is 12.1 Å². The Labute approximate surface area is 203 Å². The second kappa shape index (κ2) is 10.9. The summed E-state index contributed by atoms with van der Waals surface area (Å²) >= 11 is 6.52. The van der Waals surface area contributed by atoms with Crippen LogP contribution >= 0.6 is 11.6 Å². The van der Waals surface area contributed by atoms with Crippen molar-refractivity contribution in [2.24, 2.45) is 0 Å². The molecule has 1 aromatic carbocycles. The molecule has 1 heterocycles. The van der Waals surface area contributed by atoms with Crippen LogP contribution < -0.4 is 10.3 Å². The smallest absolute Gasteiger partial charge is 0.185 e. The quantitative estimate of drug-likeness (QED) is 0.519. The number of nitrogens with one attached hydrogen (secondary N) is 1. The number of halogens is 1. The summed E-state index contributed by atoms with van der Waals surface area (Å²) in [6, 6.07) is 6.49. The van der Waals surface area contributed by atoms with Gasteiger partial charge in [0.15, 0.2) is 11.2 Å². The zero-order valence-electron chi connectivity index (χ0n) is 20.9. The van der Waals surface area contributed by atoms with Crippen molar-refractivity contribution in [3.05, 3.63) is 61.5 Å². The molecule has 33 heavy (non-hydrogen) atoms. The maximum atomic E-state index is 13.2. The van der Waals surface area contributed by atoms with Crippen LogP contribution in [0.3, 0.4) is 0 Å². The predicted molar refractivity (Wildman–Crippen MR) is 138 cm³/mol. The summed E-state index contributed by atoms with van der Waals surface area (Å²) in [6.45, 7) is 8.83. The molecule has 0 spiro atoms. The largest absolute Gasteiger partial charge is 0.369 e. The highest BCUT2D eigenvalue weighted by Gasteiger charge is 2.28. The lowest BCUT2D eigenvalue weighted by Gasteiger charge is -2.40. The van der Waals surface area contributed by atoms with Gasteiger partial charge in [-0.15, -0.1) is 0 Å². The molecule has 1 saturated carbocycles. The number of aryl methyl sites for hydroxylation is 2. The summed E-state index contributed by atoms with van der Waals surface area (Å²) in [5.74, 6) is 0.0306. The van der Waals surface area contributed by atoms with E-state index >= 15 is 0 Å². The number of benzene rings is 1. The van der Waals surface area contributed by atoms with Gasteiger partial charge in [-0.05, 0) is 91.6 Å². The first kappa shape index (κ1) is 25.5. The monoisotopic (exact) mass is 471 g/mol. The Bertz CT molecular complexity index is 1050. The van der Waals surface area contributed by atoms with E-state index in [0.29, 0.717) is 34.7 Å². The average Bonchev–Trinajstić information content (AvgIpc) is 2.75. The minimum Gasteiger partial charge on any atom is -0.369 e. The SMILES string of the molecule is CCN(c1cc(Cl)cc(C(=O)CCc2c(C)[nH]c(C)cc2=O)c1C)C1CCC(N(C)C)CC1. The van der Waals surface area contributed by atoms with Crippen LogP contribution in [0.15, 0.2) is 23.0 Å². The van der Waals surface area contributed by atoms with Gasteiger partial charge in [-0.25, -0.2) is 0 Å². The lowest BCUT2D eigenvalue weighted by molar-refractivity contribution is 0.0982. The van der Waals surface area contributed by atoms with Gasteiger partial charge >= 0.3 is 0 Å². The van der Waals surface area contributed by atoms with E-state index in [-0.39, 0.29) is 17.6 Å². The Morgan fingerprint density at radius 2 is 1.70 bits per heavy atom. The van der Waals surface area contributed by atoms with E-state index in [2.05, 4.69) is 35.8 Å². The zero-order chi connectivity index (χ0) is 24.3. The van der Waals surface area contributed by atoms with E-state index in [4.69, 9.17) is 11.6 Å². The van der Waals surface area contributed by atoms with Crippen molar-refractivity contribution in [2.45, 2.75) is 78.3 Å². The first-order valence-electron chi connectivity index (χ1n) is 12.1. The van der Waals surface area contributed by atoms with Crippen LogP contribution in [-0.4, -0.2) is 48.4 Å². The number of rotatable bonds is 8. The minimum atomic E-state index is -0.00876. The molecule has 3 rings (SSSR count). The number of carbonyl (C=O) groups is 1. The number of hydrogen-bond donors (Lipinski definition) is 1. The molecular weight excluding hydrogens is 434 g/mol. The number of hydrogen-bond acceptors (Lipinski definition) is 4. The molecule has 0 amide bonds.